The molecule has 0 aliphatic carbocycles. The molecular formula is C27H26N4O3. The first-order valence-corrected chi connectivity index (χ1v) is 11.2. The van der Waals surface area contributed by atoms with Crippen LogP contribution in [0.2, 0.25) is 0 Å². The van der Waals surface area contributed by atoms with E-state index in [2.05, 4.69) is 41.3 Å². The van der Waals surface area contributed by atoms with E-state index < -0.39 is 0 Å². The lowest BCUT2D eigenvalue weighted by Gasteiger charge is -2.39. The molecule has 2 atom stereocenters. The summed E-state index contributed by atoms with van der Waals surface area (Å²) >= 11 is 0. The van der Waals surface area contributed by atoms with Crippen LogP contribution < -0.4 is 14.4 Å². The minimum absolute atomic E-state index is 0.0866. The van der Waals surface area contributed by atoms with Gasteiger partial charge in [-0.15, -0.1) is 0 Å². The fourth-order valence-electron chi connectivity index (χ4n) is 4.55. The Morgan fingerprint density at radius 2 is 1.56 bits per heavy atom. The highest BCUT2D eigenvalue weighted by Gasteiger charge is 2.40. The van der Waals surface area contributed by atoms with Crippen molar-refractivity contribution in [1.82, 2.24) is 14.8 Å². The molecule has 1 aliphatic heterocycles. The highest BCUT2D eigenvalue weighted by molar-refractivity contribution is 6.07. The molecule has 4 aromatic rings. The molecule has 0 spiro atoms. The van der Waals surface area contributed by atoms with Gasteiger partial charge in [-0.3, -0.25) is 9.69 Å². The van der Waals surface area contributed by atoms with Crippen molar-refractivity contribution in [1.29, 1.82) is 0 Å². The maximum Gasteiger partial charge on any atom is 0.264 e. The summed E-state index contributed by atoms with van der Waals surface area (Å²) in [5, 5.41) is 4.52. The van der Waals surface area contributed by atoms with Gasteiger partial charge >= 0.3 is 0 Å². The summed E-state index contributed by atoms with van der Waals surface area (Å²) in [6.07, 6.45) is 2.15. The van der Waals surface area contributed by atoms with Crippen molar-refractivity contribution in [2.45, 2.75) is 25.4 Å². The molecular weight excluding hydrogens is 428 g/mol. The maximum absolute atomic E-state index is 14.0. The van der Waals surface area contributed by atoms with Gasteiger partial charge in [-0.1, -0.05) is 54.1 Å². The number of aromatic nitrogens is 3. The topological polar surface area (TPSA) is 69.5 Å². The van der Waals surface area contributed by atoms with Gasteiger partial charge in [0.15, 0.2) is 0 Å². The molecule has 5 rings (SSSR count). The van der Waals surface area contributed by atoms with Crippen molar-refractivity contribution in [2.75, 3.05) is 19.1 Å². The number of carbonyl (C=O) groups is 1. The van der Waals surface area contributed by atoms with Gasteiger partial charge in [-0.2, -0.15) is 10.1 Å². The van der Waals surface area contributed by atoms with Gasteiger partial charge in [0.25, 0.3) is 5.91 Å². The lowest BCUT2D eigenvalue weighted by Crippen LogP contribution is -2.42. The normalized spacial score (nSPS) is 17.2. The second kappa shape index (κ2) is 9.02. The van der Waals surface area contributed by atoms with Gasteiger partial charge in [0.05, 0.1) is 31.9 Å². The first kappa shape index (κ1) is 21.7. The number of para-hydroxylation sites is 1. The molecule has 172 valence electrons. The van der Waals surface area contributed by atoms with Crippen LogP contribution in [-0.4, -0.2) is 34.9 Å². The lowest BCUT2D eigenvalue weighted by molar-refractivity contribution is 0.0960. The fraction of sp³-hybridized carbons (Fsp3) is 0.222. The monoisotopic (exact) mass is 454 g/mol. The van der Waals surface area contributed by atoms with Crippen LogP contribution in [0.15, 0.2) is 79.1 Å². The minimum atomic E-state index is -0.234. The highest BCUT2D eigenvalue weighted by Crippen LogP contribution is 2.43. The van der Waals surface area contributed by atoms with Crippen LogP contribution in [0.3, 0.4) is 0 Å². The van der Waals surface area contributed by atoms with Gasteiger partial charge in [-0.25, -0.2) is 4.68 Å². The standard InChI is InChI=1S/C27H26N4O3/c1-18-8-10-19(11-9-18)23-16-24(20-12-14-21(33-2)15-13-20)31-27(28-17-29-31)30(23)26(32)22-6-4-5-7-25(22)34-3/h4-15,17,23-24H,16H2,1-3H3/t23-,24-/m0/s1. The first-order chi connectivity index (χ1) is 16.6. The van der Waals surface area contributed by atoms with Crippen LogP contribution in [0, 0.1) is 6.92 Å². The number of carbonyl (C=O) groups excluding carboxylic acids is 1. The summed E-state index contributed by atoms with van der Waals surface area (Å²) in [5.74, 6) is 1.65. The zero-order chi connectivity index (χ0) is 23.7. The number of anilines is 1. The van der Waals surface area contributed by atoms with Crippen LogP contribution in [0.25, 0.3) is 0 Å². The number of nitrogens with zero attached hydrogens (tertiary/aromatic N) is 4. The number of rotatable bonds is 5. The Bertz CT molecular complexity index is 1300. The Morgan fingerprint density at radius 1 is 0.882 bits per heavy atom. The molecule has 0 N–H and O–H groups in total. The number of methoxy groups -OCH3 is 2. The molecule has 0 saturated carbocycles. The second-order valence-corrected chi connectivity index (χ2v) is 8.33. The predicted octanol–water partition coefficient (Wildman–Crippen LogP) is 4.98. The van der Waals surface area contributed by atoms with Gasteiger partial charge in [-0.05, 0) is 48.7 Å². The summed E-state index contributed by atoms with van der Waals surface area (Å²) < 4.78 is 12.7. The van der Waals surface area contributed by atoms with E-state index in [1.54, 1.807) is 31.3 Å². The average Bonchev–Trinajstić information content (AvgIpc) is 3.38. The van der Waals surface area contributed by atoms with Crippen molar-refractivity contribution in [3.8, 4) is 11.5 Å². The smallest absolute Gasteiger partial charge is 0.264 e. The summed E-state index contributed by atoms with van der Waals surface area (Å²) in [7, 11) is 3.22. The third kappa shape index (κ3) is 3.79. The molecule has 3 aromatic carbocycles. The van der Waals surface area contributed by atoms with E-state index in [0.29, 0.717) is 23.7 Å². The van der Waals surface area contributed by atoms with Crippen LogP contribution >= 0.6 is 0 Å². The Kier molecular flexibility index (Phi) is 5.76. The Hall–Kier alpha value is -4.13. The van der Waals surface area contributed by atoms with E-state index in [-0.39, 0.29) is 18.0 Å². The molecule has 7 nitrogen and oxygen atoms in total. The maximum atomic E-state index is 14.0. The molecule has 1 amide bonds. The zero-order valence-corrected chi connectivity index (χ0v) is 19.4. The van der Waals surface area contributed by atoms with E-state index >= 15 is 0 Å². The quantitative estimate of drug-likeness (QED) is 0.425. The van der Waals surface area contributed by atoms with Crippen molar-refractivity contribution < 1.29 is 14.3 Å². The number of ether oxygens (including phenoxy) is 2. The van der Waals surface area contributed by atoms with Crippen molar-refractivity contribution >= 4 is 11.9 Å². The van der Waals surface area contributed by atoms with E-state index in [4.69, 9.17) is 9.47 Å². The van der Waals surface area contributed by atoms with Gasteiger partial charge in [0.1, 0.15) is 17.8 Å². The molecule has 1 aliphatic rings. The molecule has 0 unspecified atom stereocenters. The van der Waals surface area contributed by atoms with Crippen LogP contribution in [0.5, 0.6) is 11.5 Å². The van der Waals surface area contributed by atoms with Gasteiger partial charge in [0, 0.05) is 0 Å². The fourth-order valence-corrected chi connectivity index (χ4v) is 4.55. The average molecular weight is 455 g/mol. The van der Waals surface area contributed by atoms with E-state index in [1.807, 2.05) is 41.1 Å². The Balaban J connectivity index is 1.64. The first-order valence-electron chi connectivity index (χ1n) is 11.2. The molecule has 0 radical (unpaired) electrons. The van der Waals surface area contributed by atoms with Crippen LogP contribution in [-0.2, 0) is 0 Å². The predicted molar refractivity (Wildman–Crippen MR) is 129 cm³/mol. The number of amides is 1. The van der Waals surface area contributed by atoms with E-state index in [0.717, 1.165) is 22.4 Å². The number of fused-ring (bicyclic) bond motifs is 1. The van der Waals surface area contributed by atoms with Crippen LogP contribution in [0.1, 0.15) is 45.6 Å². The molecule has 7 heteroatoms. The second-order valence-electron chi connectivity index (χ2n) is 8.33. The number of aryl methyl sites for hydroxylation is 1. The minimum Gasteiger partial charge on any atom is -0.497 e. The zero-order valence-electron chi connectivity index (χ0n) is 19.4. The number of benzene rings is 3. The summed E-state index contributed by atoms with van der Waals surface area (Å²) in [6.45, 7) is 2.05. The third-order valence-electron chi connectivity index (χ3n) is 6.34. The third-order valence-corrected chi connectivity index (χ3v) is 6.34. The Morgan fingerprint density at radius 3 is 2.26 bits per heavy atom. The lowest BCUT2D eigenvalue weighted by atomic mass is 9.91. The highest BCUT2D eigenvalue weighted by atomic mass is 16.5. The molecule has 0 bridgehead atoms. The number of hydrogen-bond donors (Lipinski definition) is 0. The number of hydrogen-bond acceptors (Lipinski definition) is 5. The van der Waals surface area contributed by atoms with Crippen LogP contribution in [0.4, 0.5) is 5.95 Å². The summed E-state index contributed by atoms with van der Waals surface area (Å²) in [4.78, 5) is 20.2. The molecule has 2 heterocycles. The van der Waals surface area contributed by atoms with Crippen molar-refractivity contribution in [2.24, 2.45) is 0 Å². The molecule has 1 aromatic heterocycles. The van der Waals surface area contributed by atoms with E-state index in [9.17, 15) is 4.79 Å². The van der Waals surface area contributed by atoms with E-state index in [1.165, 1.54) is 6.33 Å². The van der Waals surface area contributed by atoms with Gasteiger partial charge in [0.2, 0.25) is 5.95 Å². The van der Waals surface area contributed by atoms with Gasteiger partial charge < -0.3 is 9.47 Å². The molecule has 0 saturated heterocycles. The SMILES string of the molecule is COc1ccc([C@@H]2C[C@@H](c3ccc(C)cc3)N(C(=O)c3ccccc3OC)c3ncnn32)cc1. The van der Waals surface area contributed by atoms with Crippen molar-refractivity contribution in [3.63, 3.8) is 0 Å². The summed E-state index contributed by atoms with van der Waals surface area (Å²) in [6, 6.07) is 23.2. The largest absolute Gasteiger partial charge is 0.497 e. The van der Waals surface area contributed by atoms with Crippen molar-refractivity contribution in [3.05, 3.63) is 101 Å². The Labute approximate surface area is 198 Å². The molecule has 34 heavy (non-hydrogen) atoms. The summed E-state index contributed by atoms with van der Waals surface area (Å²) in [5.41, 5.74) is 3.77. The molecule has 0 fully saturated rings.